The van der Waals surface area contributed by atoms with Gasteiger partial charge in [0.1, 0.15) is 0 Å². The number of halogens is 10. The van der Waals surface area contributed by atoms with Crippen LogP contribution in [0, 0.1) is 0 Å². The van der Waals surface area contributed by atoms with Crippen molar-refractivity contribution < 1.29 is 58.5 Å². The van der Waals surface area contributed by atoms with E-state index in [-0.39, 0.29) is 0 Å². The summed E-state index contributed by atoms with van der Waals surface area (Å²) in [6.45, 7) is -1.80. The lowest BCUT2D eigenvalue weighted by atomic mass is 10.0. The van der Waals surface area contributed by atoms with E-state index in [1.807, 2.05) is 0 Å². The highest BCUT2D eigenvalue weighted by Gasteiger charge is 2.67. The number of carbonyl (C=O) groups is 1. The van der Waals surface area contributed by atoms with E-state index in [0.29, 0.717) is 0 Å². The molecule has 0 aliphatic rings. The van der Waals surface area contributed by atoms with Crippen LogP contribution in [0.2, 0.25) is 0 Å². The van der Waals surface area contributed by atoms with Gasteiger partial charge in [0.2, 0.25) is 0 Å². The summed E-state index contributed by atoms with van der Waals surface area (Å²) in [7, 11) is 0. The van der Waals surface area contributed by atoms with E-state index in [1.54, 1.807) is 0 Å². The molecule has 0 saturated heterocycles. The summed E-state index contributed by atoms with van der Waals surface area (Å²) < 4.78 is 127. The van der Waals surface area contributed by atoms with E-state index in [1.165, 1.54) is 0 Å². The van der Waals surface area contributed by atoms with E-state index >= 15 is 0 Å². The molecule has 0 fully saturated rings. The molecular formula is C9H6F10O3. The molecule has 0 aliphatic carbocycles. The number of carboxylic acids is 1. The molecule has 0 aromatic rings. The van der Waals surface area contributed by atoms with Crippen molar-refractivity contribution in [2.24, 2.45) is 0 Å². The monoisotopic (exact) mass is 352 g/mol. The van der Waals surface area contributed by atoms with Crippen molar-refractivity contribution in [3.63, 3.8) is 0 Å². The Kier molecular flexibility index (Phi) is 6.24. The maximum absolute atomic E-state index is 13.1. The molecule has 0 saturated carbocycles. The van der Waals surface area contributed by atoms with Crippen molar-refractivity contribution in [2.75, 3.05) is 6.61 Å². The van der Waals surface area contributed by atoms with Crippen LogP contribution in [0.3, 0.4) is 0 Å². The van der Waals surface area contributed by atoms with Crippen LogP contribution >= 0.6 is 0 Å². The normalized spacial score (nSPS) is 14.6. The zero-order valence-electron chi connectivity index (χ0n) is 10.0. The van der Waals surface area contributed by atoms with E-state index < -0.39 is 55.0 Å². The summed E-state index contributed by atoms with van der Waals surface area (Å²) in [5.74, 6) is -15.5. The van der Waals surface area contributed by atoms with Gasteiger partial charge in [-0.1, -0.05) is 0 Å². The summed E-state index contributed by atoms with van der Waals surface area (Å²) in [6, 6.07) is 0. The third-order valence-electron chi connectivity index (χ3n) is 2.07. The molecule has 1 N–H and O–H groups in total. The van der Waals surface area contributed by atoms with Gasteiger partial charge in [-0.25, -0.2) is 9.18 Å². The topological polar surface area (TPSA) is 46.5 Å². The van der Waals surface area contributed by atoms with E-state index in [9.17, 15) is 48.7 Å². The van der Waals surface area contributed by atoms with Crippen LogP contribution in [0.5, 0.6) is 0 Å². The highest BCUT2D eigenvalue weighted by Crippen LogP contribution is 2.45. The number of carboxylic acid groups (broad SMARTS) is 1. The second-order valence-electron chi connectivity index (χ2n) is 3.69. The van der Waals surface area contributed by atoms with Gasteiger partial charge in [-0.05, 0) is 0 Å². The van der Waals surface area contributed by atoms with Gasteiger partial charge < -0.3 is 9.84 Å². The first kappa shape index (κ1) is 20.5. The number of alkyl halides is 8. The summed E-state index contributed by atoms with van der Waals surface area (Å²) in [5.41, 5.74) is -3.39. The summed E-state index contributed by atoms with van der Waals surface area (Å²) in [4.78, 5) is 10.1. The van der Waals surface area contributed by atoms with Gasteiger partial charge in [0.15, 0.2) is 5.57 Å². The lowest BCUT2D eigenvalue weighted by Crippen LogP contribution is -2.51. The van der Waals surface area contributed by atoms with Gasteiger partial charge in [-0.2, -0.15) is 39.5 Å². The smallest absolute Gasteiger partial charge is 0.391 e. The molecule has 0 amide bonds. The third kappa shape index (κ3) is 4.74. The second kappa shape index (κ2) is 6.71. The molecule has 130 valence electrons. The van der Waals surface area contributed by atoms with E-state index in [4.69, 9.17) is 5.11 Å². The predicted molar refractivity (Wildman–Crippen MR) is 48.3 cm³/mol. The summed E-state index contributed by atoms with van der Waals surface area (Å²) in [5, 5.41) is 8.04. The average Bonchev–Trinajstić information content (AvgIpc) is 2.24. The molecule has 0 aliphatic heterocycles. The van der Waals surface area contributed by atoms with Crippen LogP contribution < -0.4 is 0 Å². The lowest BCUT2D eigenvalue weighted by Gasteiger charge is -2.28. The Morgan fingerprint density at radius 3 is 1.82 bits per heavy atom. The van der Waals surface area contributed by atoms with Gasteiger partial charge in [0, 0.05) is 0 Å². The van der Waals surface area contributed by atoms with Gasteiger partial charge >= 0.3 is 24.0 Å². The SMILES string of the molecule is O=C(O)C(=C(F)F)C(F)(F)C(F)(F)C(F)OCCC(F)(F)F. The Bertz CT molecular complexity index is 437. The van der Waals surface area contributed by atoms with Gasteiger partial charge in [0.25, 0.3) is 12.4 Å². The molecule has 13 heteroatoms. The van der Waals surface area contributed by atoms with Crippen LogP contribution in [0.25, 0.3) is 0 Å². The Labute approximate surface area is 115 Å². The first-order valence-electron chi connectivity index (χ1n) is 5.01. The van der Waals surface area contributed by atoms with Gasteiger partial charge in [0.05, 0.1) is 13.0 Å². The summed E-state index contributed by atoms with van der Waals surface area (Å²) >= 11 is 0. The molecule has 0 rings (SSSR count). The third-order valence-corrected chi connectivity index (χ3v) is 2.07. The maximum atomic E-state index is 13.1. The number of rotatable bonds is 7. The fourth-order valence-corrected chi connectivity index (χ4v) is 1.03. The molecule has 1 unspecified atom stereocenters. The molecule has 0 bridgehead atoms. The van der Waals surface area contributed by atoms with Crippen molar-refractivity contribution in [1.82, 2.24) is 0 Å². The van der Waals surface area contributed by atoms with Crippen molar-refractivity contribution in [3.8, 4) is 0 Å². The Morgan fingerprint density at radius 1 is 1.05 bits per heavy atom. The van der Waals surface area contributed by atoms with Crippen molar-refractivity contribution in [1.29, 1.82) is 0 Å². The second-order valence-corrected chi connectivity index (χ2v) is 3.69. The number of ether oxygens (including phenoxy) is 1. The number of hydrogen-bond donors (Lipinski definition) is 1. The minimum atomic E-state index is -6.23. The maximum Gasteiger partial charge on any atom is 0.391 e. The number of hydrogen-bond acceptors (Lipinski definition) is 2. The number of aliphatic carboxylic acids is 1. The largest absolute Gasteiger partial charge is 0.478 e. The average molecular weight is 352 g/mol. The highest BCUT2D eigenvalue weighted by atomic mass is 19.4. The molecular weight excluding hydrogens is 346 g/mol. The van der Waals surface area contributed by atoms with E-state index in [2.05, 4.69) is 4.74 Å². The van der Waals surface area contributed by atoms with Crippen molar-refractivity contribution in [3.05, 3.63) is 11.7 Å². The first-order chi connectivity index (χ1) is 9.64. The Morgan fingerprint density at radius 2 is 1.50 bits per heavy atom. The summed E-state index contributed by atoms with van der Waals surface area (Å²) in [6.07, 6.45) is -15.1. The molecule has 0 spiro atoms. The van der Waals surface area contributed by atoms with Crippen LogP contribution in [-0.4, -0.2) is 42.1 Å². The molecule has 1 atom stereocenters. The zero-order valence-corrected chi connectivity index (χ0v) is 10.0. The fourth-order valence-electron chi connectivity index (χ4n) is 1.03. The molecule has 3 nitrogen and oxygen atoms in total. The fraction of sp³-hybridized carbons (Fsp3) is 0.667. The van der Waals surface area contributed by atoms with Crippen LogP contribution in [0.15, 0.2) is 11.7 Å². The molecule has 22 heavy (non-hydrogen) atoms. The van der Waals surface area contributed by atoms with E-state index in [0.717, 1.165) is 0 Å². The minimum Gasteiger partial charge on any atom is -0.478 e. The standard InChI is InChI=1S/C9H6F10O3/c10-4(11)3(5(20)21)8(16,17)9(18,19)6(12)22-2-1-7(13,14)15/h6H,1-2H2,(H,20,21). The predicted octanol–water partition coefficient (Wildman–Crippen LogP) is 3.76. The quantitative estimate of drug-likeness (QED) is 0.561. The van der Waals surface area contributed by atoms with Gasteiger partial charge in [-0.3, -0.25) is 0 Å². The van der Waals surface area contributed by atoms with Crippen LogP contribution in [0.1, 0.15) is 6.42 Å². The first-order valence-corrected chi connectivity index (χ1v) is 5.01. The Hall–Kier alpha value is -1.53. The van der Waals surface area contributed by atoms with Gasteiger partial charge in [-0.15, -0.1) is 0 Å². The Balaban J connectivity index is 5.26. The van der Waals surface area contributed by atoms with Crippen molar-refractivity contribution >= 4 is 5.97 Å². The highest BCUT2D eigenvalue weighted by molar-refractivity contribution is 5.89. The van der Waals surface area contributed by atoms with Crippen LogP contribution in [0.4, 0.5) is 43.9 Å². The molecule has 0 aromatic carbocycles. The lowest BCUT2D eigenvalue weighted by molar-refractivity contribution is -0.285. The van der Waals surface area contributed by atoms with Crippen molar-refractivity contribution in [2.45, 2.75) is 30.8 Å². The molecule has 0 aromatic heterocycles. The zero-order chi connectivity index (χ0) is 17.9. The molecule has 0 radical (unpaired) electrons. The van der Waals surface area contributed by atoms with Crippen LogP contribution in [-0.2, 0) is 9.53 Å². The molecule has 0 heterocycles. The minimum absolute atomic E-state index is 1.80.